The first-order chi connectivity index (χ1) is 12.6. The number of pyridine rings is 2. The molecule has 1 aromatic carbocycles. The number of carbonyl (C=O) groups is 1. The van der Waals surface area contributed by atoms with Crippen LogP contribution in [0, 0.1) is 18.6 Å². The molecule has 0 radical (unpaired) electrons. The van der Waals surface area contributed by atoms with Gasteiger partial charge in [0, 0.05) is 17.8 Å². The summed E-state index contributed by atoms with van der Waals surface area (Å²) < 4.78 is 29.5. The van der Waals surface area contributed by atoms with Crippen LogP contribution in [0.15, 0.2) is 35.3 Å². The Morgan fingerprint density at radius 1 is 1.15 bits per heavy atom. The van der Waals surface area contributed by atoms with Crippen LogP contribution in [0.2, 0.25) is 0 Å². The number of aromatic carboxylic acids is 1. The number of nitrogens with two attached hydrogens (primary N) is 1. The molecule has 0 spiro atoms. The fourth-order valence-corrected chi connectivity index (χ4v) is 3.25. The molecule has 3 aromatic rings. The molecule has 5 nitrogen and oxygen atoms in total. The second-order valence-electron chi connectivity index (χ2n) is 6.70. The van der Waals surface area contributed by atoms with Gasteiger partial charge in [-0.25, -0.2) is 13.6 Å². The van der Waals surface area contributed by atoms with Gasteiger partial charge in [0.25, 0.3) is 5.56 Å². The van der Waals surface area contributed by atoms with E-state index >= 15 is 0 Å². The SMILES string of the molecule is Cc1c(-c2cc(F)c(N)cc2F)ccn2c(=O)c(C(=O)O)cc(C(C)C)c12. The first-order valence-corrected chi connectivity index (χ1v) is 8.30. The average molecular weight is 372 g/mol. The molecule has 7 heteroatoms. The number of carboxylic acids is 1. The molecule has 2 aromatic heterocycles. The Morgan fingerprint density at radius 3 is 2.41 bits per heavy atom. The fourth-order valence-electron chi connectivity index (χ4n) is 3.25. The number of aromatic nitrogens is 1. The molecular weight excluding hydrogens is 354 g/mol. The van der Waals surface area contributed by atoms with E-state index < -0.39 is 23.2 Å². The highest BCUT2D eigenvalue weighted by Crippen LogP contribution is 2.33. The Bertz CT molecular complexity index is 1150. The average Bonchev–Trinajstić information content (AvgIpc) is 2.59. The van der Waals surface area contributed by atoms with Gasteiger partial charge in [-0.3, -0.25) is 9.20 Å². The number of fused-ring (bicyclic) bond motifs is 1. The van der Waals surface area contributed by atoms with Crippen molar-refractivity contribution in [2.45, 2.75) is 26.7 Å². The highest BCUT2D eigenvalue weighted by Gasteiger charge is 2.20. The number of hydrogen-bond donors (Lipinski definition) is 2. The molecule has 0 unspecified atom stereocenters. The van der Waals surface area contributed by atoms with Gasteiger partial charge in [-0.1, -0.05) is 13.8 Å². The molecular formula is C20H18F2N2O3. The molecule has 140 valence electrons. The number of benzene rings is 1. The second-order valence-corrected chi connectivity index (χ2v) is 6.70. The maximum absolute atomic E-state index is 14.4. The molecule has 0 aliphatic carbocycles. The Hall–Kier alpha value is -3.22. The first-order valence-electron chi connectivity index (χ1n) is 8.30. The van der Waals surface area contributed by atoms with Gasteiger partial charge < -0.3 is 10.8 Å². The first kappa shape index (κ1) is 18.6. The second kappa shape index (κ2) is 6.50. The molecule has 0 fully saturated rings. The number of carboxylic acid groups (broad SMARTS) is 1. The van der Waals surface area contributed by atoms with E-state index in [-0.39, 0.29) is 22.7 Å². The molecule has 3 N–H and O–H groups in total. The van der Waals surface area contributed by atoms with Crippen molar-refractivity contribution in [2.75, 3.05) is 5.73 Å². The number of aryl methyl sites for hydroxylation is 1. The van der Waals surface area contributed by atoms with Crippen LogP contribution in [0.5, 0.6) is 0 Å². The highest BCUT2D eigenvalue weighted by atomic mass is 19.1. The van der Waals surface area contributed by atoms with Gasteiger partial charge in [-0.2, -0.15) is 0 Å². The maximum Gasteiger partial charge on any atom is 0.341 e. The van der Waals surface area contributed by atoms with E-state index in [1.165, 1.54) is 22.7 Å². The Labute approximate surface area is 153 Å². The van der Waals surface area contributed by atoms with Crippen LogP contribution in [0.1, 0.15) is 41.3 Å². The van der Waals surface area contributed by atoms with Crippen molar-refractivity contribution >= 4 is 17.2 Å². The van der Waals surface area contributed by atoms with E-state index in [4.69, 9.17) is 5.73 Å². The van der Waals surface area contributed by atoms with Crippen molar-refractivity contribution in [1.29, 1.82) is 0 Å². The molecule has 0 atom stereocenters. The molecule has 3 rings (SSSR count). The molecule has 27 heavy (non-hydrogen) atoms. The number of halogens is 2. The fraction of sp³-hybridized carbons (Fsp3) is 0.200. The van der Waals surface area contributed by atoms with Crippen LogP contribution in [0.3, 0.4) is 0 Å². The minimum absolute atomic E-state index is 0.0196. The van der Waals surface area contributed by atoms with Crippen molar-refractivity contribution in [3.05, 3.63) is 69.1 Å². The third-order valence-corrected chi connectivity index (χ3v) is 4.64. The number of nitrogen functional groups attached to an aromatic ring is 1. The summed E-state index contributed by atoms with van der Waals surface area (Å²) >= 11 is 0. The number of rotatable bonds is 3. The topological polar surface area (TPSA) is 84.8 Å². The van der Waals surface area contributed by atoms with Crippen molar-refractivity contribution in [2.24, 2.45) is 0 Å². The quantitative estimate of drug-likeness (QED) is 0.682. The van der Waals surface area contributed by atoms with Crippen molar-refractivity contribution < 1.29 is 18.7 Å². The van der Waals surface area contributed by atoms with Crippen LogP contribution in [-0.4, -0.2) is 15.5 Å². The largest absolute Gasteiger partial charge is 0.477 e. The normalized spacial score (nSPS) is 11.3. The number of anilines is 1. The van der Waals surface area contributed by atoms with Crippen LogP contribution in [0.4, 0.5) is 14.5 Å². The summed E-state index contributed by atoms with van der Waals surface area (Å²) in [7, 11) is 0. The third-order valence-electron chi connectivity index (χ3n) is 4.64. The van der Waals surface area contributed by atoms with Crippen LogP contribution in [-0.2, 0) is 0 Å². The molecule has 0 aliphatic rings. The lowest BCUT2D eigenvalue weighted by molar-refractivity contribution is 0.0694. The maximum atomic E-state index is 14.4. The van der Waals surface area contributed by atoms with Gasteiger partial charge in [0.1, 0.15) is 17.2 Å². The zero-order valence-electron chi connectivity index (χ0n) is 15.0. The van der Waals surface area contributed by atoms with E-state index in [1.807, 2.05) is 13.8 Å². The minimum atomic E-state index is -1.32. The van der Waals surface area contributed by atoms with Gasteiger partial charge in [-0.15, -0.1) is 0 Å². The number of hydrogen-bond acceptors (Lipinski definition) is 3. The summed E-state index contributed by atoms with van der Waals surface area (Å²) in [5.41, 5.74) is 6.16. The Balaban J connectivity index is 2.44. The summed E-state index contributed by atoms with van der Waals surface area (Å²) in [6.07, 6.45) is 1.38. The van der Waals surface area contributed by atoms with Crippen LogP contribution < -0.4 is 11.3 Å². The Morgan fingerprint density at radius 2 is 1.81 bits per heavy atom. The molecule has 0 aliphatic heterocycles. The lowest BCUT2D eigenvalue weighted by Gasteiger charge is -2.17. The van der Waals surface area contributed by atoms with E-state index in [1.54, 1.807) is 6.92 Å². The molecule has 0 saturated carbocycles. The highest BCUT2D eigenvalue weighted by molar-refractivity contribution is 5.89. The predicted octanol–water partition coefficient (Wildman–Crippen LogP) is 3.96. The summed E-state index contributed by atoms with van der Waals surface area (Å²) in [4.78, 5) is 24.0. The third kappa shape index (κ3) is 2.95. The standard InChI is InChI=1S/C20H18F2N2O3/c1-9(2)12-6-14(20(26)27)19(25)24-5-4-11(10(3)18(12)24)13-7-16(22)17(23)8-15(13)21/h4-9H,23H2,1-3H3,(H,26,27). The summed E-state index contributed by atoms with van der Waals surface area (Å²) in [6.45, 7) is 5.41. The minimum Gasteiger partial charge on any atom is -0.477 e. The summed E-state index contributed by atoms with van der Waals surface area (Å²) in [5.74, 6) is -2.84. The summed E-state index contributed by atoms with van der Waals surface area (Å²) in [6, 6.07) is 4.74. The van der Waals surface area contributed by atoms with Crippen molar-refractivity contribution in [3.63, 3.8) is 0 Å². The van der Waals surface area contributed by atoms with Gasteiger partial charge in [0.15, 0.2) is 0 Å². The van der Waals surface area contributed by atoms with E-state index in [2.05, 4.69) is 0 Å². The smallest absolute Gasteiger partial charge is 0.341 e. The Kier molecular flexibility index (Phi) is 4.47. The van der Waals surface area contributed by atoms with Gasteiger partial charge >= 0.3 is 5.97 Å². The van der Waals surface area contributed by atoms with Crippen molar-refractivity contribution in [1.82, 2.24) is 4.40 Å². The zero-order valence-corrected chi connectivity index (χ0v) is 15.0. The monoisotopic (exact) mass is 372 g/mol. The van der Waals surface area contributed by atoms with Gasteiger partial charge in [-0.05, 0) is 47.7 Å². The van der Waals surface area contributed by atoms with Gasteiger partial charge in [0.05, 0.1) is 11.2 Å². The molecule has 0 bridgehead atoms. The van der Waals surface area contributed by atoms with Crippen molar-refractivity contribution in [3.8, 4) is 11.1 Å². The lowest BCUT2D eigenvalue weighted by atomic mass is 9.93. The van der Waals surface area contributed by atoms with Crippen LogP contribution >= 0.6 is 0 Å². The van der Waals surface area contributed by atoms with E-state index in [0.717, 1.165) is 12.1 Å². The molecule has 0 amide bonds. The molecule has 2 heterocycles. The molecule has 0 saturated heterocycles. The van der Waals surface area contributed by atoms with E-state index in [0.29, 0.717) is 22.2 Å². The lowest BCUT2D eigenvalue weighted by Crippen LogP contribution is -2.24. The van der Waals surface area contributed by atoms with Gasteiger partial charge in [0.2, 0.25) is 0 Å². The zero-order chi connectivity index (χ0) is 20.0. The van der Waals surface area contributed by atoms with Crippen LogP contribution in [0.25, 0.3) is 16.6 Å². The van der Waals surface area contributed by atoms with E-state index in [9.17, 15) is 23.5 Å². The predicted molar refractivity (Wildman–Crippen MR) is 99.2 cm³/mol. The number of nitrogens with zero attached hydrogens (tertiary/aromatic N) is 1. The summed E-state index contributed by atoms with van der Waals surface area (Å²) in [5, 5.41) is 9.31.